The Hall–Kier alpha value is -0.880. The number of aromatic carboxylic acids is 1. The number of hydrogen-bond acceptors (Lipinski definition) is 3. The molecule has 1 N–H and O–H groups in total. The van der Waals surface area contributed by atoms with Crippen molar-refractivity contribution < 1.29 is 9.90 Å². The molecule has 0 spiro atoms. The number of hydrogen-bond donors (Lipinski definition) is 1. The van der Waals surface area contributed by atoms with Gasteiger partial charge >= 0.3 is 5.97 Å². The molecule has 13 heavy (non-hydrogen) atoms. The van der Waals surface area contributed by atoms with Gasteiger partial charge in [0.25, 0.3) is 0 Å². The average molecular weight is 263 g/mol. The third-order valence-corrected chi connectivity index (χ3v) is 2.40. The van der Waals surface area contributed by atoms with Gasteiger partial charge < -0.3 is 5.11 Å². The molecule has 0 aromatic carbocycles. The van der Waals surface area contributed by atoms with Crippen molar-refractivity contribution in [2.45, 2.75) is 6.92 Å². The highest BCUT2D eigenvalue weighted by Gasteiger charge is 2.09. The van der Waals surface area contributed by atoms with Gasteiger partial charge in [-0.15, -0.1) is 28.3 Å². The van der Waals surface area contributed by atoms with Gasteiger partial charge in [0.1, 0.15) is 0 Å². The van der Waals surface area contributed by atoms with E-state index in [1.807, 2.05) is 13.1 Å². The molecule has 6 heteroatoms. The van der Waals surface area contributed by atoms with Gasteiger partial charge in [0, 0.05) is 17.3 Å². The number of rotatable bonds is 1. The van der Waals surface area contributed by atoms with E-state index in [0.29, 0.717) is 0 Å². The first-order valence-electron chi connectivity index (χ1n) is 3.35. The van der Waals surface area contributed by atoms with E-state index in [2.05, 4.69) is 4.98 Å². The number of aromatic nitrogens is 2. The van der Waals surface area contributed by atoms with Crippen LogP contribution in [0.5, 0.6) is 0 Å². The number of halogens is 1. The monoisotopic (exact) mass is 262 g/mol. The molecule has 70 valence electrons. The molecule has 0 amide bonds. The van der Waals surface area contributed by atoms with Crippen molar-refractivity contribution in [1.29, 1.82) is 0 Å². The molecule has 2 aromatic heterocycles. The lowest BCUT2D eigenvalue weighted by molar-refractivity contribution is 0.0691. The fraction of sp³-hybridized carbons (Fsp3) is 0.143. The molecule has 2 heterocycles. The Balaban J connectivity index is 0.000000845. The largest absolute Gasteiger partial charge is 0.476 e. The Labute approximate surface area is 88.6 Å². The van der Waals surface area contributed by atoms with E-state index in [-0.39, 0.29) is 22.7 Å². The standard InChI is InChI=1S/C7H6N2O2S.BrH/c1-4-2-9-3-5(6(10)11)8-7(9)12-4;/h2-3H,1H3,(H,10,11);1H. The normalized spacial score (nSPS) is 9.92. The molecule has 0 aliphatic heterocycles. The van der Waals surface area contributed by atoms with Gasteiger partial charge in [-0.2, -0.15) is 0 Å². The smallest absolute Gasteiger partial charge is 0.356 e. The van der Waals surface area contributed by atoms with Crippen LogP contribution in [0.3, 0.4) is 0 Å². The third kappa shape index (κ3) is 1.73. The Morgan fingerprint density at radius 2 is 2.31 bits per heavy atom. The van der Waals surface area contributed by atoms with Crippen molar-refractivity contribution in [3.05, 3.63) is 23.0 Å². The van der Waals surface area contributed by atoms with E-state index in [1.54, 1.807) is 4.40 Å². The number of fused-ring (bicyclic) bond motifs is 1. The first kappa shape index (κ1) is 10.2. The van der Waals surface area contributed by atoms with E-state index in [0.717, 1.165) is 9.84 Å². The van der Waals surface area contributed by atoms with Gasteiger partial charge in [0.2, 0.25) is 0 Å². The number of imidazole rings is 1. The van der Waals surface area contributed by atoms with Crippen LogP contribution in [0.15, 0.2) is 12.4 Å². The molecule has 0 aliphatic carbocycles. The summed E-state index contributed by atoms with van der Waals surface area (Å²) in [6.07, 6.45) is 3.38. The van der Waals surface area contributed by atoms with E-state index >= 15 is 0 Å². The summed E-state index contributed by atoms with van der Waals surface area (Å²) >= 11 is 1.48. The number of nitrogens with zero attached hydrogens (tertiary/aromatic N) is 2. The van der Waals surface area contributed by atoms with Crippen molar-refractivity contribution in [3.8, 4) is 0 Å². The summed E-state index contributed by atoms with van der Waals surface area (Å²) in [5.74, 6) is -0.983. The molecule has 0 unspecified atom stereocenters. The Kier molecular flexibility index (Phi) is 2.72. The summed E-state index contributed by atoms with van der Waals surface area (Å²) in [6, 6.07) is 0. The van der Waals surface area contributed by atoms with Crippen LogP contribution in [0, 0.1) is 6.92 Å². The Bertz CT molecular complexity index is 417. The number of aryl methyl sites for hydroxylation is 1. The minimum Gasteiger partial charge on any atom is -0.476 e. The zero-order valence-corrected chi connectivity index (χ0v) is 9.25. The van der Waals surface area contributed by atoms with E-state index in [1.165, 1.54) is 17.5 Å². The molecule has 0 aliphatic rings. The molecule has 0 radical (unpaired) electrons. The lowest BCUT2D eigenvalue weighted by Gasteiger charge is -1.80. The SMILES string of the molecule is Br.Cc1cn2cc(C(=O)O)nc2s1. The molecule has 2 rings (SSSR count). The molecule has 0 fully saturated rings. The van der Waals surface area contributed by atoms with E-state index < -0.39 is 5.97 Å². The Morgan fingerprint density at radius 1 is 1.62 bits per heavy atom. The number of carboxylic acid groups (broad SMARTS) is 1. The van der Waals surface area contributed by atoms with Crippen LogP contribution in [0.2, 0.25) is 0 Å². The van der Waals surface area contributed by atoms with Crippen molar-refractivity contribution in [1.82, 2.24) is 9.38 Å². The molecule has 0 atom stereocenters. The van der Waals surface area contributed by atoms with Crippen LogP contribution in [-0.2, 0) is 0 Å². The average Bonchev–Trinajstić information content (AvgIpc) is 2.42. The summed E-state index contributed by atoms with van der Waals surface area (Å²) in [4.78, 5) is 16.2. The fourth-order valence-corrected chi connectivity index (χ4v) is 1.82. The third-order valence-electron chi connectivity index (χ3n) is 1.49. The minimum atomic E-state index is -0.983. The van der Waals surface area contributed by atoms with Crippen LogP contribution in [-0.4, -0.2) is 20.5 Å². The second-order valence-electron chi connectivity index (χ2n) is 2.46. The zero-order chi connectivity index (χ0) is 8.72. The van der Waals surface area contributed by atoms with Gasteiger partial charge in [-0.1, -0.05) is 0 Å². The highest BCUT2D eigenvalue weighted by Crippen LogP contribution is 2.16. The summed E-state index contributed by atoms with van der Waals surface area (Å²) in [7, 11) is 0. The first-order chi connectivity index (χ1) is 5.66. The van der Waals surface area contributed by atoms with Gasteiger partial charge in [0.15, 0.2) is 10.7 Å². The topological polar surface area (TPSA) is 54.6 Å². The Morgan fingerprint density at radius 3 is 2.85 bits per heavy atom. The molecule has 0 saturated carbocycles. The highest BCUT2D eigenvalue weighted by atomic mass is 79.9. The molecule has 0 bridgehead atoms. The summed E-state index contributed by atoms with van der Waals surface area (Å²) in [5, 5.41) is 8.60. The first-order valence-corrected chi connectivity index (χ1v) is 4.17. The number of thiazole rings is 1. The minimum absolute atomic E-state index is 0. The second kappa shape index (κ2) is 3.47. The quantitative estimate of drug-likeness (QED) is 0.855. The van der Waals surface area contributed by atoms with Gasteiger partial charge in [-0.3, -0.25) is 4.40 Å². The van der Waals surface area contributed by atoms with Crippen LogP contribution in [0.1, 0.15) is 15.4 Å². The van der Waals surface area contributed by atoms with Crippen LogP contribution >= 0.6 is 28.3 Å². The van der Waals surface area contributed by atoms with Crippen LogP contribution < -0.4 is 0 Å². The maximum Gasteiger partial charge on any atom is 0.356 e. The van der Waals surface area contributed by atoms with Crippen molar-refractivity contribution in [3.63, 3.8) is 0 Å². The van der Waals surface area contributed by atoms with Gasteiger partial charge in [-0.05, 0) is 6.92 Å². The lowest BCUT2D eigenvalue weighted by Crippen LogP contribution is -1.95. The highest BCUT2D eigenvalue weighted by molar-refractivity contribution is 8.93. The fourth-order valence-electron chi connectivity index (χ4n) is 1.01. The number of carbonyl (C=O) groups is 1. The van der Waals surface area contributed by atoms with Crippen molar-refractivity contribution in [2.24, 2.45) is 0 Å². The molecule has 0 saturated heterocycles. The molecular formula is C7H7BrN2O2S. The lowest BCUT2D eigenvalue weighted by atomic mass is 10.5. The number of carboxylic acids is 1. The van der Waals surface area contributed by atoms with Crippen LogP contribution in [0.4, 0.5) is 0 Å². The zero-order valence-electron chi connectivity index (χ0n) is 6.72. The van der Waals surface area contributed by atoms with Gasteiger partial charge in [-0.25, -0.2) is 9.78 Å². The molecule has 4 nitrogen and oxygen atoms in total. The maximum absolute atomic E-state index is 10.5. The molecular weight excluding hydrogens is 256 g/mol. The van der Waals surface area contributed by atoms with Crippen molar-refractivity contribution in [2.75, 3.05) is 0 Å². The summed E-state index contributed by atoms with van der Waals surface area (Å²) in [5.41, 5.74) is 0.0984. The summed E-state index contributed by atoms with van der Waals surface area (Å²) in [6.45, 7) is 1.96. The van der Waals surface area contributed by atoms with Crippen LogP contribution in [0.25, 0.3) is 4.96 Å². The molecule has 2 aromatic rings. The van der Waals surface area contributed by atoms with Crippen molar-refractivity contribution >= 4 is 39.2 Å². The van der Waals surface area contributed by atoms with E-state index in [9.17, 15) is 4.79 Å². The predicted molar refractivity (Wildman–Crippen MR) is 55.1 cm³/mol. The summed E-state index contributed by atoms with van der Waals surface area (Å²) < 4.78 is 1.73. The maximum atomic E-state index is 10.5. The predicted octanol–water partition coefficient (Wildman–Crippen LogP) is 1.98. The second-order valence-corrected chi connectivity index (χ2v) is 3.68. The van der Waals surface area contributed by atoms with E-state index in [4.69, 9.17) is 5.11 Å². The van der Waals surface area contributed by atoms with Gasteiger partial charge in [0.05, 0.1) is 0 Å².